The molecule has 272 valence electrons. The monoisotopic (exact) mass is 681 g/mol. The molecule has 0 atom stereocenters. The molecule has 0 aromatic heterocycles. The number of benzene rings is 4. The molecule has 4 aromatic carbocycles. The molecule has 0 heterocycles. The number of ether oxygens (including phenoxy) is 2. The van der Waals surface area contributed by atoms with Crippen LogP contribution in [0.3, 0.4) is 0 Å². The highest BCUT2D eigenvalue weighted by Gasteiger charge is 2.09. The lowest BCUT2D eigenvalue weighted by Crippen LogP contribution is -2.25. The fourth-order valence-corrected chi connectivity index (χ4v) is 5.88. The van der Waals surface area contributed by atoms with E-state index in [2.05, 4.69) is 174 Å². The largest absolute Gasteiger partial charge is 0.493 e. The van der Waals surface area contributed by atoms with E-state index >= 15 is 0 Å². The number of rotatable bonds is 18. The second kappa shape index (κ2) is 21.0. The minimum Gasteiger partial charge on any atom is -0.493 e. The first-order chi connectivity index (χ1) is 24.1. The first-order valence-corrected chi connectivity index (χ1v) is 18.6. The van der Waals surface area contributed by atoms with Crippen LogP contribution in [0.4, 0.5) is 22.7 Å². The first kappa shape index (κ1) is 40.1. The predicted octanol–water partition coefficient (Wildman–Crippen LogP) is 10.1. The topological polar surface area (TPSA) is 31.4 Å². The van der Waals surface area contributed by atoms with Crippen LogP contribution in [0.25, 0.3) is 0 Å². The third-order valence-electron chi connectivity index (χ3n) is 9.34. The summed E-state index contributed by atoms with van der Waals surface area (Å²) in [4.78, 5) is 9.31. The maximum atomic E-state index is 6.07. The van der Waals surface area contributed by atoms with Crippen LogP contribution in [0, 0.1) is 27.7 Å². The van der Waals surface area contributed by atoms with Crippen molar-refractivity contribution in [3.8, 4) is 11.5 Å². The van der Waals surface area contributed by atoms with E-state index in [1.54, 1.807) is 0 Å². The Kier molecular flexibility index (Phi) is 16.9. The normalized spacial score (nSPS) is 10.6. The molecule has 0 amide bonds. The Balaban J connectivity index is 0.000000284. The van der Waals surface area contributed by atoms with Crippen LogP contribution in [-0.4, -0.2) is 66.6 Å². The second-order valence-electron chi connectivity index (χ2n) is 13.2. The van der Waals surface area contributed by atoms with E-state index in [-0.39, 0.29) is 0 Å². The Morgan fingerprint density at radius 2 is 0.780 bits per heavy atom. The lowest BCUT2D eigenvalue weighted by molar-refractivity contribution is 0.246. The average Bonchev–Trinajstić information content (AvgIpc) is 3.12. The Labute approximate surface area is 304 Å². The highest BCUT2D eigenvalue weighted by molar-refractivity contribution is 5.54. The van der Waals surface area contributed by atoms with Gasteiger partial charge in [0.25, 0.3) is 0 Å². The van der Waals surface area contributed by atoms with Gasteiger partial charge in [0.2, 0.25) is 0 Å². The number of aryl methyl sites for hydroxylation is 4. The van der Waals surface area contributed by atoms with Crippen molar-refractivity contribution >= 4 is 22.7 Å². The van der Waals surface area contributed by atoms with Gasteiger partial charge < -0.3 is 29.1 Å². The molecule has 0 fully saturated rings. The van der Waals surface area contributed by atoms with E-state index in [1.807, 2.05) is 0 Å². The summed E-state index contributed by atoms with van der Waals surface area (Å²) in [6.07, 6.45) is 2.00. The first-order valence-electron chi connectivity index (χ1n) is 18.6. The number of hydrogen-bond donors (Lipinski definition) is 0. The third kappa shape index (κ3) is 12.5. The molecule has 4 aromatic rings. The van der Waals surface area contributed by atoms with Crippen molar-refractivity contribution in [2.45, 2.75) is 68.2 Å². The lowest BCUT2D eigenvalue weighted by atomic mass is 10.2. The smallest absolute Gasteiger partial charge is 0.124 e. The molecule has 0 aliphatic rings. The molecule has 0 saturated heterocycles. The van der Waals surface area contributed by atoms with Crippen molar-refractivity contribution in [2.75, 3.05) is 86.2 Å². The summed E-state index contributed by atoms with van der Waals surface area (Å²) in [7, 11) is 4.33. The van der Waals surface area contributed by atoms with E-state index in [1.165, 1.54) is 45.0 Å². The second-order valence-corrected chi connectivity index (χ2v) is 13.2. The van der Waals surface area contributed by atoms with Gasteiger partial charge in [-0.1, -0.05) is 47.5 Å². The molecule has 0 radical (unpaired) electrons. The fraction of sp³-hybridized carbons (Fsp3) is 0.455. The third-order valence-corrected chi connectivity index (χ3v) is 9.34. The van der Waals surface area contributed by atoms with Gasteiger partial charge in [-0.05, 0) is 109 Å². The van der Waals surface area contributed by atoms with E-state index in [0.717, 1.165) is 63.6 Å². The Morgan fingerprint density at radius 3 is 1.12 bits per heavy atom. The summed E-state index contributed by atoms with van der Waals surface area (Å²) in [5.41, 5.74) is 9.98. The van der Waals surface area contributed by atoms with Crippen molar-refractivity contribution in [1.82, 2.24) is 0 Å². The van der Waals surface area contributed by atoms with Gasteiger partial charge in [-0.15, -0.1) is 0 Å². The van der Waals surface area contributed by atoms with Crippen LogP contribution in [0.2, 0.25) is 0 Å². The summed E-state index contributed by atoms with van der Waals surface area (Å²) < 4.78 is 12.1. The number of anilines is 4. The molecule has 50 heavy (non-hydrogen) atoms. The molecule has 0 bridgehead atoms. The van der Waals surface area contributed by atoms with Crippen LogP contribution >= 0.6 is 0 Å². The molecule has 0 aliphatic carbocycles. The fourth-order valence-electron chi connectivity index (χ4n) is 5.88. The zero-order valence-electron chi connectivity index (χ0n) is 32.8. The Hall–Kier alpha value is -4.32. The van der Waals surface area contributed by atoms with Crippen LogP contribution in [0.1, 0.15) is 62.8 Å². The highest BCUT2D eigenvalue weighted by atomic mass is 16.5. The van der Waals surface area contributed by atoms with Gasteiger partial charge in [-0.3, -0.25) is 0 Å². The van der Waals surface area contributed by atoms with E-state index in [0.29, 0.717) is 13.2 Å². The van der Waals surface area contributed by atoms with E-state index in [4.69, 9.17) is 9.47 Å². The molecule has 0 spiro atoms. The minimum absolute atomic E-state index is 0.650. The molecular weight excluding hydrogens is 617 g/mol. The van der Waals surface area contributed by atoms with Gasteiger partial charge in [0.15, 0.2) is 0 Å². The lowest BCUT2D eigenvalue weighted by Gasteiger charge is -2.23. The molecule has 4 rings (SSSR count). The molecule has 0 N–H and O–H groups in total. The van der Waals surface area contributed by atoms with Crippen molar-refractivity contribution < 1.29 is 9.47 Å². The molecule has 6 nitrogen and oxygen atoms in total. The average molecular weight is 681 g/mol. The maximum absolute atomic E-state index is 6.07. The zero-order valence-corrected chi connectivity index (χ0v) is 32.8. The summed E-state index contributed by atoms with van der Waals surface area (Å²) in [6.45, 7) is 24.6. The zero-order chi connectivity index (χ0) is 36.5. The van der Waals surface area contributed by atoms with Crippen LogP contribution in [0.15, 0.2) is 84.9 Å². The van der Waals surface area contributed by atoms with Crippen molar-refractivity contribution in [2.24, 2.45) is 0 Å². The Bertz CT molecular complexity index is 1410. The molecular formula is C44H64N4O2. The number of nitrogens with zero attached hydrogens (tertiary/aromatic N) is 4. The van der Waals surface area contributed by atoms with Gasteiger partial charge in [0, 0.05) is 94.7 Å². The van der Waals surface area contributed by atoms with Crippen molar-refractivity contribution in [1.29, 1.82) is 0 Å². The maximum Gasteiger partial charge on any atom is 0.124 e. The van der Waals surface area contributed by atoms with Gasteiger partial charge in [-0.25, -0.2) is 0 Å². The van der Waals surface area contributed by atoms with Crippen LogP contribution in [0.5, 0.6) is 11.5 Å². The van der Waals surface area contributed by atoms with Crippen LogP contribution < -0.4 is 29.1 Å². The number of hydrogen-bond acceptors (Lipinski definition) is 6. The minimum atomic E-state index is 0.650. The molecule has 0 aliphatic heterocycles. The standard InChI is InChI=1S/C25H38N2O2.C19H26N2/c1-7-26(8-2)22-14-12-20(5)24(18-22)28-16-11-17-29-25-19-23(15-13-21(25)6)27(9-3)10-4;1-16-6-10-18(11-7-16)20(3)14-5-15-21(4)19-12-8-17(2)9-13-19/h12-15,18-19H,7-11,16-17H2,1-6H3;6-13H,5,14-15H2,1-4H3. The predicted molar refractivity (Wildman–Crippen MR) is 219 cm³/mol. The van der Waals surface area contributed by atoms with Crippen LogP contribution in [-0.2, 0) is 0 Å². The van der Waals surface area contributed by atoms with Crippen molar-refractivity contribution in [3.05, 3.63) is 107 Å². The Morgan fingerprint density at radius 1 is 0.440 bits per heavy atom. The van der Waals surface area contributed by atoms with Gasteiger partial charge in [0.05, 0.1) is 13.2 Å². The molecule has 0 saturated carbocycles. The summed E-state index contributed by atoms with van der Waals surface area (Å²) in [6, 6.07) is 30.4. The van der Waals surface area contributed by atoms with Gasteiger partial charge in [-0.2, -0.15) is 0 Å². The summed E-state index contributed by atoms with van der Waals surface area (Å²) in [5, 5.41) is 0. The van der Waals surface area contributed by atoms with E-state index in [9.17, 15) is 0 Å². The quantitative estimate of drug-likeness (QED) is 0.0973. The SMILES string of the molecule is CCN(CC)c1ccc(C)c(OCCCOc2cc(N(CC)CC)ccc2C)c1.Cc1ccc(N(C)CCCN(C)c2ccc(C)cc2)cc1. The highest BCUT2D eigenvalue weighted by Crippen LogP contribution is 2.27. The molecule has 0 unspecified atom stereocenters. The molecule has 6 heteroatoms. The summed E-state index contributed by atoms with van der Waals surface area (Å²) >= 11 is 0. The van der Waals surface area contributed by atoms with Crippen molar-refractivity contribution in [3.63, 3.8) is 0 Å². The van der Waals surface area contributed by atoms with E-state index < -0.39 is 0 Å². The van der Waals surface area contributed by atoms with Gasteiger partial charge in [0.1, 0.15) is 11.5 Å². The van der Waals surface area contributed by atoms with Gasteiger partial charge >= 0.3 is 0 Å². The summed E-state index contributed by atoms with van der Waals surface area (Å²) in [5.74, 6) is 1.93.